The molecule has 4 rings (SSSR count). The third kappa shape index (κ3) is 10.00. The molecule has 10 nitrogen and oxygen atoms in total. The van der Waals surface area contributed by atoms with Crippen molar-refractivity contribution in [2.75, 3.05) is 39.6 Å². The quantitative estimate of drug-likeness (QED) is 0.137. The van der Waals surface area contributed by atoms with Gasteiger partial charge < -0.3 is 18.8 Å². The molecule has 1 atom stereocenters. The number of hydrogen-bond acceptors (Lipinski definition) is 9. The molecule has 268 valence electrons. The van der Waals surface area contributed by atoms with Gasteiger partial charge in [0.1, 0.15) is 28.0 Å². The molecule has 1 unspecified atom stereocenters. The molecule has 1 aliphatic rings. The largest absolute Gasteiger partial charge is 0.496 e. The fourth-order valence-corrected chi connectivity index (χ4v) is 9.01. The summed E-state index contributed by atoms with van der Waals surface area (Å²) in [5.41, 5.74) is 2.55. The van der Waals surface area contributed by atoms with Crippen LogP contribution in [0.1, 0.15) is 84.4 Å². The zero-order valence-electron chi connectivity index (χ0n) is 30.1. The smallest absolute Gasteiger partial charge is 0.254 e. The summed E-state index contributed by atoms with van der Waals surface area (Å²) >= 11 is 1.24. The first kappa shape index (κ1) is 38.7. The maximum atomic E-state index is 13.9. The normalized spacial score (nSPS) is 16.0. The maximum Gasteiger partial charge on any atom is 0.254 e. The molecule has 0 aliphatic carbocycles. The number of carbonyl (C=O) groups is 2. The Morgan fingerprint density at radius 1 is 1.06 bits per heavy atom. The first-order valence-corrected chi connectivity index (χ1v) is 20.4. The fourth-order valence-electron chi connectivity index (χ4n) is 5.40. The summed E-state index contributed by atoms with van der Waals surface area (Å²) in [5, 5.41) is 2.17. The maximum absolute atomic E-state index is 13.9. The van der Waals surface area contributed by atoms with Crippen LogP contribution in [0.3, 0.4) is 0 Å². The van der Waals surface area contributed by atoms with Crippen molar-refractivity contribution in [1.82, 2.24) is 14.2 Å². The standard InChI is InChI=1S/C36H51N3O7S2Si/c1-25-31(44-7)19-27(20-32(25)45-8)34(41)38(17-12-15-26-13-10-9-11-14-26)22-33-37-29(23-47-33)30(40)24-48(42,43)39-18-16-28(21-39)46-49-36(5,6)35(2,3)4/h9-11,13-14,19-20,23,28H,12,15-18,21-22,24,49H2,1-8H3. The topological polar surface area (TPSA) is 115 Å². The SMILES string of the molecule is COc1cc(C(=O)N(CCCc2ccccc2)Cc2nc(C(=O)CS(=O)(=O)N3CCC(O[SiH2]C(C)(C)C(C)(C)C)C3)cs2)cc(OC)c1C. The number of rotatable bonds is 16. The van der Waals surface area contributed by atoms with E-state index in [-0.39, 0.29) is 41.2 Å². The molecule has 1 aliphatic heterocycles. The van der Waals surface area contributed by atoms with Gasteiger partial charge in [-0.15, -0.1) is 11.3 Å². The number of nitrogens with zero attached hydrogens (tertiary/aromatic N) is 3. The molecule has 2 aromatic carbocycles. The third-order valence-corrected chi connectivity index (χ3v) is 14.7. The molecule has 49 heavy (non-hydrogen) atoms. The Bertz CT molecular complexity index is 1680. The highest BCUT2D eigenvalue weighted by Crippen LogP contribution is 2.44. The number of ketones is 1. The van der Waals surface area contributed by atoms with E-state index >= 15 is 0 Å². The second kappa shape index (κ2) is 16.3. The zero-order valence-corrected chi connectivity index (χ0v) is 33.1. The Hall–Kier alpha value is -3.10. The first-order valence-electron chi connectivity index (χ1n) is 16.7. The third-order valence-electron chi connectivity index (χ3n) is 9.71. The van der Waals surface area contributed by atoms with Gasteiger partial charge in [-0.05, 0) is 54.3 Å². The van der Waals surface area contributed by atoms with Crippen LogP contribution >= 0.6 is 11.3 Å². The predicted octanol–water partition coefficient (Wildman–Crippen LogP) is 5.68. The molecule has 0 bridgehead atoms. The Morgan fingerprint density at radius 3 is 2.33 bits per heavy atom. The summed E-state index contributed by atoms with van der Waals surface area (Å²) in [6.07, 6.45) is 1.96. The number of Topliss-reactive ketones (excluding diaryl/α,β-unsaturated/α-hetero) is 1. The number of sulfonamides is 1. The van der Waals surface area contributed by atoms with E-state index in [9.17, 15) is 18.0 Å². The highest BCUT2D eigenvalue weighted by atomic mass is 32.2. The van der Waals surface area contributed by atoms with Gasteiger partial charge in [-0.25, -0.2) is 13.4 Å². The number of carbonyl (C=O) groups excluding carboxylic acids is 2. The molecule has 1 fully saturated rings. The number of hydrogen-bond donors (Lipinski definition) is 0. The summed E-state index contributed by atoms with van der Waals surface area (Å²) in [6, 6.07) is 13.5. The van der Waals surface area contributed by atoms with E-state index in [0.29, 0.717) is 48.0 Å². The minimum Gasteiger partial charge on any atom is -0.496 e. The van der Waals surface area contributed by atoms with Gasteiger partial charge in [-0.3, -0.25) is 9.59 Å². The van der Waals surface area contributed by atoms with Crippen LogP contribution in [-0.2, 0) is 27.4 Å². The van der Waals surface area contributed by atoms with E-state index in [1.807, 2.05) is 25.1 Å². The monoisotopic (exact) mass is 729 g/mol. The van der Waals surface area contributed by atoms with E-state index in [1.54, 1.807) is 36.6 Å². The Kier molecular flexibility index (Phi) is 12.9. The number of ether oxygens (including phenoxy) is 2. The van der Waals surface area contributed by atoms with E-state index in [0.717, 1.165) is 12.0 Å². The summed E-state index contributed by atoms with van der Waals surface area (Å²) in [4.78, 5) is 33.4. The first-order chi connectivity index (χ1) is 23.0. The van der Waals surface area contributed by atoms with Crippen LogP contribution < -0.4 is 9.47 Å². The Labute approximate surface area is 298 Å². The van der Waals surface area contributed by atoms with Crippen LogP contribution in [-0.4, -0.2) is 89.8 Å². The number of aryl methyl sites for hydroxylation is 1. The molecular formula is C36H51N3O7S2Si. The lowest BCUT2D eigenvalue weighted by Gasteiger charge is -2.38. The highest BCUT2D eigenvalue weighted by Gasteiger charge is 2.38. The van der Waals surface area contributed by atoms with Gasteiger partial charge in [0.25, 0.3) is 5.91 Å². The molecular weight excluding hydrogens is 679 g/mol. The lowest BCUT2D eigenvalue weighted by Crippen LogP contribution is -2.36. The van der Waals surface area contributed by atoms with Gasteiger partial charge in [-0.2, -0.15) is 4.31 Å². The Morgan fingerprint density at radius 2 is 1.71 bits per heavy atom. The molecule has 1 amide bonds. The second-order valence-corrected chi connectivity index (χ2v) is 19.6. The lowest BCUT2D eigenvalue weighted by molar-refractivity contribution is 0.0740. The van der Waals surface area contributed by atoms with Crippen molar-refractivity contribution in [3.63, 3.8) is 0 Å². The Balaban J connectivity index is 1.43. The van der Waals surface area contributed by atoms with Crippen LogP contribution in [0.4, 0.5) is 0 Å². The number of aromatic nitrogens is 1. The van der Waals surface area contributed by atoms with Crippen molar-refractivity contribution in [3.05, 3.63) is 75.2 Å². The second-order valence-electron chi connectivity index (χ2n) is 14.3. The number of amides is 1. The molecule has 0 N–H and O–H groups in total. The van der Waals surface area contributed by atoms with Crippen LogP contribution in [0.5, 0.6) is 11.5 Å². The summed E-state index contributed by atoms with van der Waals surface area (Å²) in [6.45, 7) is 14.1. The van der Waals surface area contributed by atoms with E-state index in [1.165, 1.54) is 21.2 Å². The van der Waals surface area contributed by atoms with Crippen LogP contribution in [0.2, 0.25) is 5.04 Å². The highest BCUT2D eigenvalue weighted by molar-refractivity contribution is 7.89. The fraction of sp³-hybridized carbons (Fsp3) is 0.528. The van der Waals surface area contributed by atoms with Crippen molar-refractivity contribution < 1.29 is 31.9 Å². The molecule has 2 heterocycles. The molecule has 0 spiro atoms. The average Bonchev–Trinajstić information content (AvgIpc) is 3.74. The van der Waals surface area contributed by atoms with Gasteiger partial charge in [0.05, 0.1) is 26.9 Å². The zero-order chi connectivity index (χ0) is 36.0. The molecule has 0 radical (unpaired) electrons. The van der Waals surface area contributed by atoms with Crippen molar-refractivity contribution in [2.45, 2.75) is 78.5 Å². The number of thiazole rings is 1. The van der Waals surface area contributed by atoms with Gasteiger partial charge in [-0.1, -0.05) is 65.0 Å². The van der Waals surface area contributed by atoms with Crippen molar-refractivity contribution in [3.8, 4) is 11.5 Å². The summed E-state index contributed by atoms with van der Waals surface area (Å²) in [5.74, 6) is -0.361. The minimum absolute atomic E-state index is 0.0551. The van der Waals surface area contributed by atoms with Crippen LogP contribution in [0, 0.1) is 12.3 Å². The molecule has 3 aromatic rings. The predicted molar refractivity (Wildman–Crippen MR) is 197 cm³/mol. The van der Waals surface area contributed by atoms with Crippen molar-refractivity contribution in [2.24, 2.45) is 5.41 Å². The van der Waals surface area contributed by atoms with Crippen LogP contribution in [0.15, 0.2) is 47.8 Å². The van der Waals surface area contributed by atoms with Gasteiger partial charge in [0, 0.05) is 36.1 Å². The average molecular weight is 730 g/mol. The summed E-state index contributed by atoms with van der Waals surface area (Å²) in [7, 11) is -1.67. The van der Waals surface area contributed by atoms with Crippen LogP contribution in [0.25, 0.3) is 0 Å². The van der Waals surface area contributed by atoms with Gasteiger partial charge in [0.2, 0.25) is 10.0 Å². The minimum atomic E-state index is -3.85. The van der Waals surface area contributed by atoms with E-state index in [2.05, 4.69) is 51.7 Å². The van der Waals surface area contributed by atoms with Crippen molar-refractivity contribution in [1.29, 1.82) is 0 Å². The molecule has 0 saturated carbocycles. The van der Waals surface area contributed by atoms with Crippen molar-refractivity contribution >= 4 is 42.8 Å². The lowest BCUT2D eigenvalue weighted by atomic mass is 9.82. The van der Waals surface area contributed by atoms with E-state index < -0.39 is 31.3 Å². The van der Waals surface area contributed by atoms with Gasteiger partial charge >= 0.3 is 0 Å². The summed E-state index contributed by atoms with van der Waals surface area (Å²) < 4.78 is 45.2. The van der Waals surface area contributed by atoms with Gasteiger partial charge in [0.15, 0.2) is 15.5 Å². The molecule has 1 saturated heterocycles. The van der Waals surface area contributed by atoms with E-state index in [4.69, 9.17) is 13.9 Å². The number of benzene rings is 2. The molecule has 13 heteroatoms. The molecule has 1 aromatic heterocycles. The number of methoxy groups -OCH3 is 2.